The van der Waals surface area contributed by atoms with Crippen LogP contribution in [0.3, 0.4) is 0 Å². The molecule has 2 fully saturated rings. The van der Waals surface area contributed by atoms with Crippen LogP contribution < -0.4 is 4.74 Å². The summed E-state index contributed by atoms with van der Waals surface area (Å²) in [4.78, 5) is 17.7. The maximum atomic E-state index is 6.04. The lowest BCUT2D eigenvalue weighted by Crippen LogP contribution is -2.49. The predicted octanol–water partition coefficient (Wildman–Crippen LogP) is 1.52. The van der Waals surface area contributed by atoms with Crippen molar-refractivity contribution in [2.24, 2.45) is 0 Å². The maximum absolute atomic E-state index is 6.04. The Hall–Kier alpha value is -2.05. The van der Waals surface area contributed by atoms with Gasteiger partial charge < -0.3 is 4.74 Å². The van der Waals surface area contributed by atoms with E-state index in [1.807, 2.05) is 13.0 Å². The molecule has 24 heavy (non-hydrogen) atoms. The van der Waals surface area contributed by atoms with Gasteiger partial charge in [0.1, 0.15) is 12.4 Å². The van der Waals surface area contributed by atoms with E-state index in [1.54, 1.807) is 12.4 Å². The number of pyridine rings is 1. The molecule has 0 radical (unpaired) electrons. The van der Waals surface area contributed by atoms with E-state index in [1.165, 1.54) is 6.33 Å². The van der Waals surface area contributed by atoms with Crippen LogP contribution in [-0.4, -0.2) is 63.1 Å². The van der Waals surface area contributed by atoms with E-state index in [0.717, 1.165) is 56.3 Å². The fraction of sp³-hybridized carbons (Fsp3) is 0.500. The molecule has 2 atom stereocenters. The third kappa shape index (κ3) is 3.55. The Bertz CT molecular complexity index is 680. The first-order chi connectivity index (χ1) is 11.8. The molecular weight excluding hydrogens is 302 g/mol. The summed E-state index contributed by atoms with van der Waals surface area (Å²) in [7, 11) is 0. The Kier molecular flexibility index (Phi) is 4.40. The molecule has 0 saturated carbocycles. The lowest BCUT2D eigenvalue weighted by molar-refractivity contribution is 0.0969. The molecule has 2 saturated heterocycles. The molecule has 0 aliphatic carbocycles. The van der Waals surface area contributed by atoms with Gasteiger partial charge in [-0.1, -0.05) is 6.07 Å². The van der Waals surface area contributed by atoms with Crippen LogP contribution in [0.25, 0.3) is 0 Å². The van der Waals surface area contributed by atoms with Gasteiger partial charge in [0.05, 0.1) is 18.1 Å². The van der Waals surface area contributed by atoms with E-state index < -0.39 is 0 Å². The average Bonchev–Trinajstić information content (AvgIpc) is 2.97. The summed E-state index contributed by atoms with van der Waals surface area (Å²) < 4.78 is 6.04. The fourth-order valence-corrected chi connectivity index (χ4v) is 3.75. The molecule has 4 heterocycles. The Labute approximate surface area is 142 Å². The molecule has 0 unspecified atom stereocenters. The molecule has 2 aromatic heterocycles. The van der Waals surface area contributed by atoms with E-state index in [4.69, 9.17) is 4.74 Å². The summed E-state index contributed by atoms with van der Waals surface area (Å²) in [6, 6.07) is 6.83. The van der Waals surface area contributed by atoms with Crippen molar-refractivity contribution in [3.05, 3.63) is 48.3 Å². The van der Waals surface area contributed by atoms with Gasteiger partial charge >= 0.3 is 0 Å². The van der Waals surface area contributed by atoms with E-state index >= 15 is 0 Å². The highest BCUT2D eigenvalue weighted by Gasteiger charge is 2.37. The van der Waals surface area contributed by atoms with E-state index in [0.29, 0.717) is 6.04 Å². The quantitative estimate of drug-likeness (QED) is 0.849. The number of aromatic nitrogens is 3. The minimum Gasteiger partial charge on any atom is -0.486 e. The first-order valence-corrected chi connectivity index (χ1v) is 8.57. The largest absolute Gasteiger partial charge is 0.486 e. The second-order valence-corrected chi connectivity index (χ2v) is 6.70. The third-order valence-electron chi connectivity index (χ3n) is 4.83. The molecule has 2 aliphatic heterocycles. The number of ether oxygens (including phenoxy) is 1. The minimum absolute atomic E-state index is 0.234. The number of fused-ring (bicyclic) bond motifs is 1. The Morgan fingerprint density at radius 2 is 2.04 bits per heavy atom. The SMILES string of the molecule is Cc1cccc(CN2CCN3C[C@H](Oc4cncnc4)C[C@H]3C2)n1. The molecule has 6 nitrogen and oxygen atoms in total. The van der Waals surface area contributed by atoms with Gasteiger partial charge in [-0.2, -0.15) is 0 Å². The van der Waals surface area contributed by atoms with Gasteiger partial charge in [0.25, 0.3) is 0 Å². The van der Waals surface area contributed by atoms with Crippen molar-refractivity contribution in [2.45, 2.75) is 32.0 Å². The van der Waals surface area contributed by atoms with Crippen LogP contribution in [-0.2, 0) is 6.54 Å². The van der Waals surface area contributed by atoms with Gasteiger partial charge in [-0.15, -0.1) is 0 Å². The van der Waals surface area contributed by atoms with Crippen LogP contribution in [0.5, 0.6) is 5.75 Å². The number of hydrogen-bond donors (Lipinski definition) is 0. The molecule has 0 bridgehead atoms. The summed E-state index contributed by atoms with van der Waals surface area (Å²) in [5, 5.41) is 0. The van der Waals surface area contributed by atoms with Crippen LogP contribution in [0.4, 0.5) is 0 Å². The minimum atomic E-state index is 0.234. The Morgan fingerprint density at radius 1 is 1.17 bits per heavy atom. The van der Waals surface area contributed by atoms with Gasteiger partial charge in [0.15, 0.2) is 5.75 Å². The van der Waals surface area contributed by atoms with Gasteiger partial charge in [0.2, 0.25) is 0 Å². The van der Waals surface area contributed by atoms with Crippen LogP contribution in [0.1, 0.15) is 17.8 Å². The van der Waals surface area contributed by atoms with E-state index in [2.05, 4.69) is 36.9 Å². The van der Waals surface area contributed by atoms with Crippen molar-refractivity contribution < 1.29 is 4.74 Å². The van der Waals surface area contributed by atoms with Gasteiger partial charge in [-0.05, 0) is 19.1 Å². The smallest absolute Gasteiger partial charge is 0.156 e. The third-order valence-corrected chi connectivity index (χ3v) is 4.83. The first-order valence-electron chi connectivity index (χ1n) is 8.57. The number of piperazine rings is 1. The van der Waals surface area contributed by atoms with Crippen LogP contribution in [0.2, 0.25) is 0 Å². The summed E-state index contributed by atoms with van der Waals surface area (Å²) in [5.74, 6) is 0.767. The summed E-state index contributed by atoms with van der Waals surface area (Å²) in [6.45, 7) is 7.25. The standard InChI is InChI=1S/C18H23N5O/c1-14-3-2-4-15(21-14)10-22-5-6-23-12-17(7-16(23)11-22)24-18-8-19-13-20-9-18/h2-4,8-9,13,16-17H,5-7,10-12H2,1H3/t16-,17+/m0/s1. The topological polar surface area (TPSA) is 54.4 Å². The van der Waals surface area contributed by atoms with Crippen LogP contribution in [0.15, 0.2) is 36.9 Å². The Morgan fingerprint density at radius 3 is 2.88 bits per heavy atom. The van der Waals surface area contributed by atoms with Crippen molar-refractivity contribution in [3.8, 4) is 5.75 Å². The predicted molar refractivity (Wildman–Crippen MR) is 90.7 cm³/mol. The highest BCUT2D eigenvalue weighted by molar-refractivity contribution is 5.12. The molecule has 0 aromatic carbocycles. The number of hydrogen-bond acceptors (Lipinski definition) is 6. The zero-order chi connectivity index (χ0) is 16.4. The number of rotatable bonds is 4. The van der Waals surface area contributed by atoms with Crippen molar-refractivity contribution in [2.75, 3.05) is 26.2 Å². The molecule has 126 valence electrons. The van der Waals surface area contributed by atoms with Gasteiger partial charge in [-0.25, -0.2) is 9.97 Å². The summed E-state index contributed by atoms with van der Waals surface area (Å²) in [6.07, 6.45) is 6.30. The van der Waals surface area contributed by atoms with Crippen molar-refractivity contribution in [1.29, 1.82) is 0 Å². The second-order valence-electron chi connectivity index (χ2n) is 6.70. The highest BCUT2D eigenvalue weighted by Crippen LogP contribution is 2.25. The molecule has 2 aliphatic rings. The van der Waals surface area contributed by atoms with Gasteiger partial charge in [0, 0.05) is 50.9 Å². The molecule has 2 aromatic rings. The normalized spacial score (nSPS) is 24.7. The summed E-state index contributed by atoms with van der Waals surface area (Å²) >= 11 is 0. The Balaban J connectivity index is 1.34. The summed E-state index contributed by atoms with van der Waals surface area (Å²) in [5.41, 5.74) is 2.25. The van der Waals surface area contributed by atoms with Crippen molar-refractivity contribution in [3.63, 3.8) is 0 Å². The number of aryl methyl sites for hydroxylation is 1. The second kappa shape index (κ2) is 6.83. The maximum Gasteiger partial charge on any atom is 0.156 e. The molecule has 0 amide bonds. The number of nitrogens with zero attached hydrogens (tertiary/aromatic N) is 5. The van der Waals surface area contributed by atoms with Crippen LogP contribution >= 0.6 is 0 Å². The fourth-order valence-electron chi connectivity index (χ4n) is 3.75. The molecule has 0 spiro atoms. The van der Waals surface area contributed by atoms with Crippen molar-refractivity contribution in [1.82, 2.24) is 24.8 Å². The monoisotopic (exact) mass is 325 g/mol. The zero-order valence-corrected chi connectivity index (χ0v) is 14.0. The molecule has 6 heteroatoms. The molecule has 4 rings (SSSR count). The van der Waals surface area contributed by atoms with Crippen molar-refractivity contribution >= 4 is 0 Å². The lowest BCUT2D eigenvalue weighted by Gasteiger charge is -2.36. The van der Waals surface area contributed by atoms with E-state index in [-0.39, 0.29) is 6.10 Å². The van der Waals surface area contributed by atoms with Gasteiger partial charge in [-0.3, -0.25) is 14.8 Å². The zero-order valence-electron chi connectivity index (χ0n) is 14.0. The highest BCUT2D eigenvalue weighted by atomic mass is 16.5. The van der Waals surface area contributed by atoms with Crippen LogP contribution in [0, 0.1) is 6.92 Å². The van der Waals surface area contributed by atoms with E-state index in [9.17, 15) is 0 Å². The average molecular weight is 325 g/mol. The molecular formula is C18H23N5O. The molecule has 0 N–H and O–H groups in total. The lowest BCUT2D eigenvalue weighted by atomic mass is 10.1. The first kappa shape index (κ1) is 15.5.